The van der Waals surface area contributed by atoms with Crippen molar-refractivity contribution in [3.63, 3.8) is 0 Å². The van der Waals surface area contributed by atoms with Crippen molar-refractivity contribution in [1.82, 2.24) is 0 Å². The molecule has 0 saturated heterocycles. The smallest absolute Gasteiger partial charge is 0.0436 e. The zero-order chi connectivity index (χ0) is 6.85. The van der Waals surface area contributed by atoms with Crippen molar-refractivity contribution in [2.75, 3.05) is 0 Å². The quantitative estimate of drug-likeness (QED) is 0.511. The Bertz CT molecular complexity index is 199. The van der Waals surface area contributed by atoms with Gasteiger partial charge in [-0.05, 0) is 11.6 Å². The zero-order valence-corrected chi connectivity index (χ0v) is 6.34. The molecule has 0 fully saturated rings. The van der Waals surface area contributed by atoms with Gasteiger partial charge in [0, 0.05) is 16.5 Å². The first kappa shape index (κ1) is 6.91. The molecule has 0 N–H and O–H groups in total. The maximum Gasteiger partial charge on any atom is 0.0436 e. The minimum absolute atomic E-state index is 0.708. The van der Waals surface area contributed by atoms with Gasteiger partial charge in [0.25, 0.3) is 0 Å². The summed E-state index contributed by atoms with van der Waals surface area (Å²) in [7, 11) is 0. The van der Waals surface area contributed by atoms with Gasteiger partial charge >= 0.3 is 0 Å². The summed E-state index contributed by atoms with van der Waals surface area (Å²) in [6, 6.07) is 0. The van der Waals surface area contributed by atoms with Crippen LogP contribution in [0.15, 0.2) is 34.4 Å². The van der Waals surface area contributed by atoms with Gasteiger partial charge in [0.15, 0.2) is 0 Å². The molecule has 1 aliphatic rings. The van der Waals surface area contributed by atoms with Gasteiger partial charge in [0.1, 0.15) is 0 Å². The Balaban J connectivity index is 2.82. The molecule has 0 unspecified atom stereocenters. The van der Waals surface area contributed by atoms with Crippen molar-refractivity contribution in [2.45, 2.75) is 6.42 Å². The van der Waals surface area contributed by atoms with Gasteiger partial charge in [0.2, 0.25) is 0 Å². The van der Waals surface area contributed by atoms with E-state index in [-0.39, 0.29) is 0 Å². The molecule has 0 aromatic rings. The molecule has 0 aliphatic heterocycles. The molecule has 0 radical (unpaired) electrons. The molecule has 1 rings (SSSR count). The third-order valence-corrected chi connectivity index (χ3v) is 1.77. The first-order valence-corrected chi connectivity index (χ1v) is 3.37. The van der Waals surface area contributed by atoms with E-state index in [1.54, 1.807) is 6.08 Å². The summed E-state index contributed by atoms with van der Waals surface area (Å²) in [6.07, 6.45) is 4.37. The molecule has 0 atom stereocenters. The van der Waals surface area contributed by atoms with Crippen molar-refractivity contribution >= 4 is 23.2 Å². The number of hydrogen-bond acceptors (Lipinski definition) is 0. The van der Waals surface area contributed by atoms with Crippen LogP contribution >= 0.6 is 23.2 Å². The van der Waals surface area contributed by atoms with Crippen LogP contribution in [0, 0.1) is 0 Å². The predicted molar refractivity (Wildman–Crippen MR) is 41.6 cm³/mol. The average molecular weight is 161 g/mol. The van der Waals surface area contributed by atoms with Gasteiger partial charge in [-0.15, -0.1) is 0 Å². The monoisotopic (exact) mass is 160 g/mol. The lowest BCUT2D eigenvalue weighted by atomic mass is 10.1. The Morgan fingerprint density at radius 1 is 1.44 bits per heavy atom. The van der Waals surface area contributed by atoms with Crippen molar-refractivity contribution < 1.29 is 0 Å². The van der Waals surface area contributed by atoms with E-state index in [4.69, 9.17) is 23.2 Å². The highest BCUT2D eigenvalue weighted by atomic mass is 35.5. The van der Waals surface area contributed by atoms with Crippen LogP contribution in [0.5, 0.6) is 0 Å². The highest BCUT2D eigenvalue weighted by Crippen LogP contribution is 2.25. The molecule has 0 amide bonds. The van der Waals surface area contributed by atoms with E-state index in [0.717, 1.165) is 17.0 Å². The fourth-order valence-corrected chi connectivity index (χ4v) is 0.976. The maximum absolute atomic E-state index is 5.69. The van der Waals surface area contributed by atoms with Crippen LogP contribution in [0.25, 0.3) is 0 Å². The van der Waals surface area contributed by atoms with Crippen LogP contribution in [0.3, 0.4) is 0 Å². The lowest BCUT2D eigenvalue weighted by Gasteiger charge is -2.04. The van der Waals surface area contributed by atoms with Gasteiger partial charge in [0.05, 0.1) is 0 Å². The summed E-state index contributed by atoms with van der Waals surface area (Å²) in [6.45, 7) is 3.68. The molecule has 0 bridgehead atoms. The summed E-state index contributed by atoms with van der Waals surface area (Å²) >= 11 is 11.4. The topological polar surface area (TPSA) is 0 Å². The van der Waals surface area contributed by atoms with E-state index >= 15 is 0 Å². The largest absolute Gasteiger partial charge is 0.0902 e. The molecular formula is C7H6Cl2. The fourth-order valence-electron chi connectivity index (χ4n) is 0.635. The Hall–Kier alpha value is -0.200. The van der Waals surface area contributed by atoms with Crippen LogP contribution in [-0.2, 0) is 0 Å². The third-order valence-electron chi connectivity index (χ3n) is 1.11. The van der Waals surface area contributed by atoms with Crippen molar-refractivity contribution in [2.24, 2.45) is 0 Å². The van der Waals surface area contributed by atoms with E-state index in [9.17, 15) is 0 Å². The Morgan fingerprint density at radius 2 is 2.11 bits per heavy atom. The van der Waals surface area contributed by atoms with Crippen LogP contribution in [0.4, 0.5) is 0 Å². The van der Waals surface area contributed by atoms with E-state index in [1.165, 1.54) is 0 Å². The fraction of sp³-hybridized carbons (Fsp3) is 0.143. The second-order valence-corrected chi connectivity index (χ2v) is 2.77. The highest BCUT2D eigenvalue weighted by Gasteiger charge is 2.03. The van der Waals surface area contributed by atoms with E-state index in [1.807, 2.05) is 6.08 Å². The molecule has 0 aromatic heterocycles. The second-order valence-electron chi connectivity index (χ2n) is 1.87. The second kappa shape index (κ2) is 2.59. The van der Waals surface area contributed by atoms with Crippen LogP contribution in [0.1, 0.15) is 6.42 Å². The van der Waals surface area contributed by atoms with Gasteiger partial charge < -0.3 is 0 Å². The van der Waals surface area contributed by atoms with E-state index in [2.05, 4.69) is 6.58 Å². The van der Waals surface area contributed by atoms with Gasteiger partial charge in [-0.25, -0.2) is 0 Å². The number of hydrogen-bond donors (Lipinski definition) is 0. The highest BCUT2D eigenvalue weighted by molar-refractivity contribution is 6.34. The van der Waals surface area contributed by atoms with E-state index in [0.29, 0.717) is 5.03 Å². The number of allylic oxidation sites excluding steroid dienone is 5. The SMILES string of the molecule is C=C1C=C(Cl)CC=C1Cl. The number of halogens is 2. The third kappa shape index (κ3) is 1.60. The molecule has 1 aliphatic carbocycles. The predicted octanol–water partition coefficient (Wildman–Crippen LogP) is 3.19. The number of rotatable bonds is 0. The lowest BCUT2D eigenvalue weighted by molar-refractivity contribution is 1.29. The van der Waals surface area contributed by atoms with Crippen LogP contribution in [-0.4, -0.2) is 0 Å². The summed E-state index contributed by atoms with van der Waals surface area (Å²) in [4.78, 5) is 0. The standard InChI is InChI=1S/C7H6Cl2/c1-5-4-6(8)2-3-7(5)9/h3-4H,1-2H2. The summed E-state index contributed by atoms with van der Waals surface area (Å²) < 4.78 is 0. The minimum atomic E-state index is 0.708. The molecular weight excluding hydrogens is 155 g/mol. The van der Waals surface area contributed by atoms with Crippen LogP contribution < -0.4 is 0 Å². The first-order chi connectivity index (χ1) is 4.20. The van der Waals surface area contributed by atoms with Crippen molar-refractivity contribution in [3.8, 4) is 0 Å². The minimum Gasteiger partial charge on any atom is -0.0902 e. The summed E-state index contributed by atoms with van der Waals surface area (Å²) in [5.41, 5.74) is 0.799. The van der Waals surface area contributed by atoms with Gasteiger partial charge in [-0.2, -0.15) is 0 Å². The summed E-state index contributed by atoms with van der Waals surface area (Å²) in [5, 5.41) is 1.50. The van der Waals surface area contributed by atoms with Gasteiger partial charge in [-0.3, -0.25) is 0 Å². The van der Waals surface area contributed by atoms with Crippen molar-refractivity contribution in [1.29, 1.82) is 0 Å². The molecule has 0 spiro atoms. The maximum atomic E-state index is 5.69. The molecule has 2 heteroatoms. The normalized spacial score (nSPS) is 19.1. The molecule has 48 valence electrons. The Morgan fingerprint density at radius 3 is 2.56 bits per heavy atom. The van der Waals surface area contributed by atoms with Crippen molar-refractivity contribution in [3.05, 3.63) is 34.4 Å². The Labute approximate surface area is 64.5 Å². The Kier molecular flexibility index (Phi) is 1.99. The molecule has 0 saturated carbocycles. The summed E-state index contributed by atoms with van der Waals surface area (Å²) in [5.74, 6) is 0. The molecule has 0 aromatic carbocycles. The van der Waals surface area contributed by atoms with Gasteiger partial charge in [-0.1, -0.05) is 35.9 Å². The molecule has 0 nitrogen and oxygen atoms in total. The van der Waals surface area contributed by atoms with E-state index < -0.39 is 0 Å². The average Bonchev–Trinajstić information content (AvgIpc) is 1.80. The first-order valence-electron chi connectivity index (χ1n) is 2.61. The molecule has 9 heavy (non-hydrogen) atoms. The lowest BCUT2D eigenvalue weighted by Crippen LogP contribution is -1.84. The van der Waals surface area contributed by atoms with Crippen LogP contribution in [0.2, 0.25) is 0 Å². The zero-order valence-electron chi connectivity index (χ0n) is 4.82. The molecule has 0 heterocycles.